The first-order valence-corrected chi connectivity index (χ1v) is 6.31. The van der Waals surface area contributed by atoms with Crippen molar-refractivity contribution >= 4 is 0 Å². The molecular formula is C15H18FNO2. The van der Waals surface area contributed by atoms with Gasteiger partial charge in [0.2, 0.25) is 0 Å². The molecule has 0 aliphatic rings. The van der Waals surface area contributed by atoms with E-state index in [9.17, 15) is 4.39 Å². The smallest absolute Gasteiger partial charge is 0.134 e. The Morgan fingerprint density at radius 1 is 1.32 bits per heavy atom. The van der Waals surface area contributed by atoms with Crippen LogP contribution in [-0.2, 0) is 6.54 Å². The van der Waals surface area contributed by atoms with Crippen LogP contribution < -0.4 is 5.32 Å². The Labute approximate surface area is 112 Å². The second-order valence-electron chi connectivity index (χ2n) is 4.66. The number of hydrogen-bond acceptors (Lipinski definition) is 3. The van der Waals surface area contributed by atoms with Gasteiger partial charge in [-0.25, -0.2) is 4.39 Å². The molecule has 2 rings (SSSR count). The minimum Gasteiger partial charge on any atom is -0.460 e. The van der Waals surface area contributed by atoms with E-state index in [4.69, 9.17) is 9.52 Å². The molecule has 0 saturated carbocycles. The molecule has 4 heteroatoms. The maximum Gasteiger partial charge on any atom is 0.134 e. The first-order chi connectivity index (χ1) is 9.08. The van der Waals surface area contributed by atoms with E-state index >= 15 is 0 Å². The van der Waals surface area contributed by atoms with Gasteiger partial charge >= 0.3 is 0 Å². The summed E-state index contributed by atoms with van der Waals surface area (Å²) in [5, 5.41) is 12.2. The van der Waals surface area contributed by atoms with Crippen LogP contribution in [0.1, 0.15) is 18.2 Å². The third kappa shape index (κ3) is 3.43. The molecule has 2 N–H and O–H groups in total. The molecule has 1 heterocycles. The van der Waals surface area contributed by atoms with Crippen LogP contribution in [0.15, 0.2) is 34.7 Å². The van der Waals surface area contributed by atoms with Crippen molar-refractivity contribution in [2.75, 3.05) is 6.54 Å². The normalized spacial score (nSPS) is 12.6. The standard InChI is InChI=1S/C15H18FNO2/c1-10(18)8-17-9-12-6-7-15(19-12)13-4-3-5-14(16)11(13)2/h3-7,10,17-18H,8-9H2,1-2H3/t10-/m0/s1. The molecule has 0 aliphatic heterocycles. The Bertz CT molecular complexity index is 549. The van der Waals surface area contributed by atoms with Crippen molar-refractivity contribution in [3.8, 4) is 11.3 Å². The molecule has 0 spiro atoms. The van der Waals surface area contributed by atoms with Crippen LogP contribution in [0.25, 0.3) is 11.3 Å². The number of aliphatic hydroxyl groups is 1. The summed E-state index contributed by atoms with van der Waals surface area (Å²) >= 11 is 0. The molecule has 19 heavy (non-hydrogen) atoms. The Morgan fingerprint density at radius 3 is 2.84 bits per heavy atom. The first-order valence-electron chi connectivity index (χ1n) is 6.31. The van der Waals surface area contributed by atoms with Crippen LogP contribution in [0.3, 0.4) is 0 Å². The number of nitrogens with one attached hydrogen (secondary N) is 1. The molecule has 0 aliphatic carbocycles. The fourth-order valence-corrected chi connectivity index (χ4v) is 1.90. The van der Waals surface area contributed by atoms with Crippen molar-refractivity contribution in [3.63, 3.8) is 0 Å². The van der Waals surface area contributed by atoms with Crippen LogP contribution in [0.2, 0.25) is 0 Å². The van der Waals surface area contributed by atoms with E-state index < -0.39 is 0 Å². The van der Waals surface area contributed by atoms with Gasteiger partial charge in [-0.3, -0.25) is 0 Å². The molecule has 0 fully saturated rings. The van der Waals surface area contributed by atoms with E-state index in [0.29, 0.717) is 24.4 Å². The lowest BCUT2D eigenvalue weighted by molar-refractivity contribution is 0.190. The summed E-state index contributed by atoms with van der Waals surface area (Å²) in [5.74, 6) is 1.19. The van der Waals surface area contributed by atoms with Gasteiger partial charge in [-0.05, 0) is 37.6 Å². The van der Waals surface area contributed by atoms with Gasteiger partial charge in [0, 0.05) is 12.1 Å². The largest absolute Gasteiger partial charge is 0.460 e. The quantitative estimate of drug-likeness (QED) is 0.872. The van der Waals surface area contributed by atoms with Gasteiger partial charge in [0.15, 0.2) is 0 Å². The van der Waals surface area contributed by atoms with Crippen molar-refractivity contribution in [1.29, 1.82) is 0 Å². The summed E-state index contributed by atoms with van der Waals surface area (Å²) in [6.45, 7) is 4.50. The molecule has 0 amide bonds. The summed E-state index contributed by atoms with van der Waals surface area (Å²) in [5.41, 5.74) is 1.35. The highest BCUT2D eigenvalue weighted by Gasteiger charge is 2.10. The molecule has 2 aromatic rings. The van der Waals surface area contributed by atoms with Crippen LogP contribution in [0.4, 0.5) is 4.39 Å². The second-order valence-corrected chi connectivity index (χ2v) is 4.66. The molecule has 1 aromatic carbocycles. The van der Waals surface area contributed by atoms with Crippen LogP contribution in [0, 0.1) is 12.7 Å². The topological polar surface area (TPSA) is 45.4 Å². The van der Waals surface area contributed by atoms with Crippen LogP contribution in [0.5, 0.6) is 0 Å². The average Bonchev–Trinajstić information content (AvgIpc) is 2.81. The number of hydrogen-bond donors (Lipinski definition) is 2. The SMILES string of the molecule is Cc1c(F)cccc1-c1ccc(CNC[C@H](C)O)o1. The summed E-state index contributed by atoms with van der Waals surface area (Å²) < 4.78 is 19.2. The lowest BCUT2D eigenvalue weighted by atomic mass is 10.1. The molecule has 3 nitrogen and oxygen atoms in total. The lowest BCUT2D eigenvalue weighted by Gasteiger charge is -2.05. The second kappa shape index (κ2) is 5.99. The molecule has 1 aromatic heterocycles. The zero-order valence-electron chi connectivity index (χ0n) is 11.1. The van der Waals surface area contributed by atoms with Crippen molar-refractivity contribution in [2.45, 2.75) is 26.5 Å². The Balaban J connectivity index is 2.10. The molecular weight excluding hydrogens is 245 g/mol. The monoisotopic (exact) mass is 263 g/mol. The molecule has 102 valence electrons. The minimum absolute atomic E-state index is 0.234. The minimum atomic E-state index is -0.389. The van der Waals surface area contributed by atoms with Crippen molar-refractivity contribution in [1.82, 2.24) is 5.32 Å². The highest BCUT2D eigenvalue weighted by atomic mass is 19.1. The third-order valence-electron chi connectivity index (χ3n) is 2.93. The Kier molecular flexibility index (Phi) is 4.35. The highest BCUT2D eigenvalue weighted by molar-refractivity contribution is 5.62. The third-order valence-corrected chi connectivity index (χ3v) is 2.93. The fraction of sp³-hybridized carbons (Fsp3) is 0.333. The van der Waals surface area contributed by atoms with E-state index in [-0.39, 0.29) is 11.9 Å². The van der Waals surface area contributed by atoms with E-state index in [1.165, 1.54) is 6.07 Å². The molecule has 0 radical (unpaired) electrons. The van der Waals surface area contributed by atoms with Crippen molar-refractivity contribution in [3.05, 3.63) is 47.5 Å². The summed E-state index contributed by atoms with van der Waals surface area (Å²) in [4.78, 5) is 0. The Morgan fingerprint density at radius 2 is 2.11 bits per heavy atom. The van der Waals surface area contributed by atoms with E-state index in [1.54, 1.807) is 19.9 Å². The molecule has 0 saturated heterocycles. The average molecular weight is 263 g/mol. The predicted octanol–water partition coefficient (Wildman–Crippen LogP) is 2.86. The Hall–Kier alpha value is -1.65. The summed E-state index contributed by atoms with van der Waals surface area (Å²) in [6.07, 6.45) is -0.389. The van der Waals surface area contributed by atoms with E-state index in [2.05, 4.69) is 5.32 Å². The van der Waals surface area contributed by atoms with Gasteiger partial charge in [0.1, 0.15) is 17.3 Å². The fourth-order valence-electron chi connectivity index (χ4n) is 1.90. The van der Waals surface area contributed by atoms with Gasteiger partial charge in [0.05, 0.1) is 12.6 Å². The van der Waals surface area contributed by atoms with Gasteiger partial charge in [0.25, 0.3) is 0 Å². The molecule has 0 unspecified atom stereocenters. The van der Waals surface area contributed by atoms with Crippen LogP contribution in [-0.4, -0.2) is 17.8 Å². The first kappa shape index (κ1) is 13.8. The maximum absolute atomic E-state index is 13.5. The number of aliphatic hydroxyl groups excluding tert-OH is 1. The van der Waals surface area contributed by atoms with Gasteiger partial charge in [-0.15, -0.1) is 0 Å². The summed E-state index contributed by atoms with van der Waals surface area (Å²) in [7, 11) is 0. The maximum atomic E-state index is 13.5. The molecule has 1 atom stereocenters. The number of furan rings is 1. The zero-order chi connectivity index (χ0) is 13.8. The van der Waals surface area contributed by atoms with E-state index in [1.807, 2.05) is 18.2 Å². The van der Waals surface area contributed by atoms with Crippen LogP contribution >= 0.6 is 0 Å². The predicted molar refractivity (Wildman–Crippen MR) is 72.2 cm³/mol. The van der Waals surface area contributed by atoms with Gasteiger partial charge < -0.3 is 14.8 Å². The number of benzene rings is 1. The zero-order valence-corrected chi connectivity index (χ0v) is 11.1. The van der Waals surface area contributed by atoms with Gasteiger partial charge in [-0.1, -0.05) is 12.1 Å². The highest BCUT2D eigenvalue weighted by Crippen LogP contribution is 2.26. The summed E-state index contributed by atoms with van der Waals surface area (Å²) in [6, 6.07) is 8.64. The van der Waals surface area contributed by atoms with Crippen molar-refractivity contribution in [2.24, 2.45) is 0 Å². The molecule has 0 bridgehead atoms. The van der Waals surface area contributed by atoms with E-state index in [0.717, 1.165) is 11.3 Å². The van der Waals surface area contributed by atoms with Gasteiger partial charge in [-0.2, -0.15) is 0 Å². The van der Waals surface area contributed by atoms with Crippen molar-refractivity contribution < 1.29 is 13.9 Å². The lowest BCUT2D eigenvalue weighted by Crippen LogP contribution is -2.23. The number of rotatable bonds is 5. The number of halogens is 1.